The Morgan fingerprint density at radius 2 is 1.79 bits per heavy atom. The topological polar surface area (TPSA) is 26.0 Å². The van der Waals surface area contributed by atoms with Gasteiger partial charge in [0.15, 0.2) is 0 Å². The maximum Gasteiger partial charge on any atom is 0.0912 e. The van der Waals surface area contributed by atoms with Crippen LogP contribution in [0, 0.1) is 13.8 Å². The number of hydrogen-bond acceptors (Lipinski definition) is 1. The normalized spacial score (nSPS) is 12.0. The largest absolute Gasteiger partial charge is 0.324 e. The molecule has 0 unspecified atom stereocenters. The number of halogens is 2. The lowest BCUT2D eigenvalue weighted by molar-refractivity contribution is 0.441. The van der Waals surface area contributed by atoms with Crippen molar-refractivity contribution < 1.29 is 4.39 Å². The lowest BCUT2D eigenvalue weighted by Crippen LogP contribution is -2.13. The standard InChI is InChI=1S/C11H16FN.ClH/c1-8-4-3-5-9(2)11(8)10(13)6-7-12;/h3-5,10H,6-7,13H2,1-2H3;1H/t10-;/m0./s1. The van der Waals surface area contributed by atoms with Crippen LogP contribution in [0.15, 0.2) is 18.2 Å². The fourth-order valence-electron chi connectivity index (χ4n) is 1.67. The van der Waals surface area contributed by atoms with Gasteiger partial charge < -0.3 is 5.73 Å². The highest BCUT2D eigenvalue weighted by atomic mass is 35.5. The van der Waals surface area contributed by atoms with Crippen LogP contribution in [-0.4, -0.2) is 6.67 Å². The van der Waals surface area contributed by atoms with E-state index >= 15 is 0 Å². The summed E-state index contributed by atoms with van der Waals surface area (Å²) >= 11 is 0. The Bertz CT molecular complexity index is 268. The predicted octanol–water partition coefficient (Wildman–Crippen LogP) is 3.08. The molecule has 1 atom stereocenters. The Morgan fingerprint density at radius 1 is 1.29 bits per heavy atom. The van der Waals surface area contributed by atoms with Crippen molar-refractivity contribution in [3.8, 4) is 0 Å². The predicted molar refractivity (Wildman–Crippen MR) is 60.7 cm³/mol. The first-order valence-corrected chi connectivity index (χ1v) is 4.54. The van der Waals surface area contributed by atoms with E-state index in [-0.39, 0.29) is 25.1 Å². The van der Waals surface area contributed by atoms with E-state index in [0.717, 1.165) is 16.7 Å². The van der Waals surface area contributed by atoms with E-state index in [2.05, 4.69) is 0 Å². The van der Waals surface area contributed by atoms with Crippen LogP contribution < -0.4 is 5.73 Å². The second-order valence-corrected chi connectivity index (χ2v) is 3.39. The Hall–Kier alpha value is -0.600. The van der Waals surface area contributed by atoms with Gasteiger partial charge in [0, 0.05) is 6.04 Å². The summed E-state index contributed by atoms with van der Waals surface area (Å²) in [5, 5.41) is 0. The van der Waals surface area contributed by atoms with Crippen molar-refractivity contribution in [2.24, 2.45) is 5.73 Å². The molecule has 0 aromatic heterocycles. The molecule has 0 saturated carbocycles. The van der Waals surface area contributed by atoms with Crippen molar-refractivity contribution in [3.05, 3.63) is 34.9 Å². The average Bonchev–Trinajstić information content (AvgIpc) is 2.04. The van der Waals surface area contributed by atoms with E-state index in [1.165, 1.54) is 0 Å². The summed E-state index contributed by atoms with van der Waals surface area (Å²) in [4.78, 5) is 0. The van der Waals surface area contributed by atoms with Gasteiger partial charge in [-0.3, -0.25) is 4.39 Å². The first kappa shape index (κ1) is 13.4. The minimum Gasteiger partial charge on any atom is -0.324 e. The lowest BCUT2D eigenvalue weighted by atomic mass is 9.95. The van der Waals surface area contributed by atoms with E-state index in [4.69, 9.17) is 5.73 Å². The number of nitrogens with two attached hydrogens (primary N) is 1. The zero-order valence-corrected chi connectivity index (χ0v) is 9.40. The monoisotopic (exact) mass is 217 g/mol. The highest BCUT2D eigenvalue weighted by molar-refractivity contribution is 5.85. The molecule has 0 aliphatic rings. The average molecular weight is 218 g/mol. The molecular formula is C11H17ClFN. The highest BCUT2D eigenvalue weighted by Gasteiger charge is 2.10. The highest BCUT2D eigenvalue weighted by Crippen LogP contribution is 2.22. The summed E-state index contributed by atoms with van der Waals surface area (Å²) in [7, 11) is 0. The molecular weight excluding hydrogens is 201 g/mol. The third kappa shape index (κ3) is 2.96. The van der Waals surface area contributed by atoms with Crippen molar-refractivity contribution >= 4 is 12.4 Å². The van der Waals surface area contributed by atoms with Crippen LogP contribution in [0.1, 0.15) is 29.2 Å². The van der Waals surface area contributed by atoms with Crippen LogP contribution in [0.2, 0.25) is 0 Å². The third-order valence-corrected chi connectivity index (χ3v) is 2.33. The number of hydrogen-bond donors (Lipinski definition) is 1. The van der Waals surface area contributed by atoms with Crippen molar-refractivity contribution in [2.75, 3.05) is 6.67 Å². The van der Waals surface area contributed by atoms with Crippen molar-refractivity contribution in [3.63, 3.8) is 0 Å². The first-order valence-electron chi connectivity index (χ1n) is 4.54. The number of benzene rings is 1. The van der Waals surface area contributed by atoms with Crippen LogP contribution in [0.5, 0.6) is 0 Å². The van der Waals surface area contributed by atoms with E-state index in [0.29, 0.717) is 6.42 Å². The summed E-state index contributed by atoms with van der Waals surface area (Å²) in [5.41, 5.74) is 9.27. The van der Waals surface area contributed by atoms with Crippen molar-refractivity contribution in [1.29, 1.82) is 0 Å². The molecule has 1 aromatic rings. The van der Waals surface area contributed by atoms with Gasteiger partial charge in [-0.25, -0.2) is 0 Å². The molecule has 0 radical (unpaired) electrons. The summed E-state index contributed by atoms with van der Waals surface area (Å²) < 4.78 is 12.1. The molecule has 2 N–H and O–H groups in total. The van der Waals surface area contributed by atoms with Crippen molar-refractivity contribution in [1.82, 2.24) is 0 Å². The van der Waals surface area contributed by atoms with Gasteiger partial charge in [-0.05, 0) is 37.0 Å². The van der Waals surface area contributed by atoms with Gasteiger partial charge in [0.1, 0.15) is 0 Å². The quantitative estimate of drug-likeness (QED) is 0.828. The van der Waals surface area contributed by atoms with Crippen molar-refractivity contribution in [2.45, 2.75) is 26.3 Å². The third-order valence-electron chi connectivity index (χ3n) is 2.33. The Morgan fingerprint density at radius 3 is 2.21 bits per heavy atom. The van der Waals surface area contributed by atoms with Crippen LogP contribution in [-0.2, 0) is 0 Å². The molecule has 3 heteroatoms. The molecule has 0 fully saturated rings. The second-order valence-electron chi connectivity index (χ2n) is 3.39. The maximum atomic E-state index is 12.1. The van der Waals surface area contributed by atoms with Gasteiger partial charge in [0.05, 0.1) is 6.67 Å². The van der Waals surface area contributed by atoms with Gasteiger partial charge in [-0.15, -0.1) is 12.4 Å². The molecule has 1 rings (SSSR count). The molecule has 1 aromatic carbocycles. The molecule has 1 nitrogen and oxygen atoms in total. The van der Waals surface area contributed by atoms with Gasteiger partial charge >= 0.3 is 0 Å². The summed E-state index contributed by atoms with van der Waals surface area (Å²) in [6.45, 7) is 3.68. The minimum absolute atomic E-state index is 0. The smallest absolute Gasteiger partial charge is 0.0912 e. The van der Waals surface area contributed by atoms with Gasteiger partial charge in [-0.2, -0.15) is 0 Å². The zero-order valence-electron chi connectivity index (χ0n) is 8.59. The van der Waals surface area contributed by atoms with Crippen LogP contribution in [0.3, 0.4) is 0 Å². The van der Waals surface area contributed by atoms with E-state index in [1.54, 1.807) is 0 Å². The van der Waals surface area contributed by atoms with E-state index in [1.807, 2.05) is 32.0 Å². The van der Waals surface area contributed by atoms with E-state index in [9.17, 15) is 4.39 Å². The lowest BCUT2D eigenvalue weighted by Gasteiger charge is -2.15. The Labute approximate surface area is 90.9 Å². The molecule has 0 amide bonds. The Kier molecular flexibility index (Phi) is 5.73. The second kappa shape index (κ2) is 5.99. The SMILES string of the molecule is Cc1cccc(C)c1[C@@H](N)CCF.Cl. The van der Waals surface area contributed by atoms with Crippen LogP contribution in [0.25, 0.3) is 0 Å². The molecule has 80 valence electrons. The number of rotatable bonds is 3. The molecule has 0 bridgehead atoms. The number of aryl methyl sites for hydroxylation is 2. The molecule has 0 spiro atoms. The minimum atomic E-state index is -0.352. The Balaban J connectivity index is 0.00000169. The molecule has 0 aliphatic heterocycles. The van der Waals surface area contributed by atoms with Crippen LogP contribution in [0.4, 0.5) is 4.39 Å². The summed E-state index contributed by atoms with van der Waals surface area (Å²) in [6.07, 6.45) is 0.408. The van der Waals surface area contributed by atoms with Crippen LogP contribution >= 0.6 is 12.4 Å². The fourth-order valence-corrected chi connectivity index (χ4v) is 1.67. The molecule has 0 aliphatic carbocycles. The molecule has 0 saturated heterocycles. The summed E-state index contributed by atoms with van der Waals surface area (Å²) in [6, 6.07) is 5.86. The summed E-state index contributed by atoms with van der Waals surface area (Å²) in [5.74, 6) is 0. The maximum absolute atomic E-state index is 12.1. The van der Waals surface area contributed by atoms with Gasteiger partial charge in [0.2, 0.25) is 0 Å². The zero-order chi connectivity index (χ0) is 9.84. The molecule has 0 heterocycles. The molecule has 14 heavy (non-hydrogen) atoms. The van der Waals surface area contributed by atoms with Gasteiger partial charge in [-0.1, -0.05) is 18.2 Å². The van der Waals surface area contributed by atoms with Gasteiger partial charge in [0.25, 0.3) is 0 Å². The number of alkyl halides is 1. The van der Waals surface area contributed by atoms with E-state index < -0.39 is 0 Å². The fraction of sp³-hybridized carbons (Fsp3) is 0.455. The first-order chi connectivity index (χ1) is 6.16.